The molecule has 0 aliphatic heterocycles. The van der Waals surface area contributed by atoms with Crippen LogP contribution in [-0.4, -0.2) is 9.78 Å². The van der Waals surface area contributed by atoms with Gasteiger partial charge in [-0.05, 0) is 24.3 Å². The molecule has 2 aromatic carbocycles. The van der Waals surface area contributed by atoms with Crippen molar-refractivity contribution in [1.82, 2.24) is 9.78 Å². The molecule has 4 heteroatoms. The molecule has 19 heavy (non-hydrogen) atoms. The van der Waals surface area contributed by atoms with E-state index >= 15 is 0 Å². The van der Waals surface area contributed by atoms with Crippen molar-refractivity contribution in [2.24, 2.45) is 0 Å². The Labute approximate surface area is 110 Å². The summed E-state index contributed by atoms with van der Waals surface area (Å²) in [6.45, 7) is 0. The molecule has 94 valence electrons. The molecule has 0 fully saturated rings. The van der Waals surface area contributed by atoms with Crippen molar-refractivity contribution < 1.29 is 4.39 Å². The SMILES string of the molecule is Nc1cc(F)ccc1-n1ccc(-c2ccccc2)n1. The van der Waals surface area contributed by atoms with Crippen molar-refractivity contribution in [3.05, 3.63) is 66.6 Å². The second-order valence-electron chi connectivity index (χ2n) is 4.21. The zero-order chi connectivity index (χ0) is 13.2. The van der Waals surface area contributed by atoms with Gasteiger partial charge in [-0.2, -0.15) is 5.10 Å². The zero-order valence-corrected chi connectivity index (χ0v) is 10.1. The van der Waals surface area contributed by atoms with E-state index < -0.39 is 0 Å². The summed E-state index contributed by atoms with van der Waals surface area (Å²) in [5.41, 5.74) is 8.71. The van der Waals surface area contributed by atoms with Gasteiger partial charge in [0.05, 0.1) is 17.1 Å². The Hall–Kier alpha value is -2.62. The van der Waals surface area contributed by atoms with Gasteiger partial charge >= 0.3 is 0 Å². The van der Waals surface area contributed by atoms with E-state index in [0.29, 0.717) is 11.4 Å². The summed E-state index contributed by atoms with van der Waals surface area (Å²) >= 11 is 0. The highest BCUT2D eigenvalue weighted by Gasteiger charge is 2.06. The molecule has 0 saturated heterocycles. The molecule has 0 aliphatic rings. The third kappa shape index (κ3) is 2.20. The molecule has 0 unspecified atom stereocenters. The number of benzene rings is 2. The van der Waals surface area contributed by atoms with Gasteiger partial charge in [0, 0.05) is 11.8 Å². The van der Waals surface area contributed by atoms with Crippen LogP contribution < -0.4 is 5.73 Å². The molecule has 0 aliphatic carbocycles. The molecule has 0 bridgehead atoms. The Bertz CT molecular complexity index is 704. The maximum absolute atomic E-state index is 13.0. The average molecular weight is 253 g/mol. The Kier molecular flexibility index (Phi) is 2.76. The minimum Gasteiger partial charge on any atom is -0.397 e. The van der Waals surface area contributed by atoms with Crippen LogP contribution >= 0.6 is 0 Å². The molecule has 3 aromatic rings. The van der Waals surface area contributed by atoms with Crippen LogP contribution in [0.1, 0.15) is 0 Å². The maximum Gasteiger partial charge on any atom is 0.125 e. The molecule has 0 saturated carbocycles. The van der Waals surface area contributed by atoms with Crippen molar-refractivity contribution in [3.8, 4) is 16.9 Å². The largest absolute Gasteiger partial charge is 0.397 e. The summed E-state index contributed by atoms with van der Waals surface area (Å²) < 4.78 is 14.7. The molecule has 3 nitrogen and oxygen atoms in total. The van der Waals surface area contributed by atoms with Gasteiger partial charge in [-0.3, -0.25) is 0 Å². The van der Waals surface area contributed by atoms with Gasteiger partial charge in [0.15, 0.2) is 0 Å². The van der Waals surface area contributed by atoms with Crippen molar-refractivity contribution in [1.29, 1.82) is 0 Å². The summed E-state index contributed by atoms with van der Waals surface area (Å²) in [4.78, 5) is 0. The van der Waals surface area contributed by atoms with Gasteiger partial charge in [0.1, 0.15) is 5.82 Å². The lowest BCUT2D eigenvalue weighted by atomic mass is 10.2. The van der Waals surface area contributed by atoms with Gasteiger partial charge in [0.2, 0.25) is 0 Å². The fraction of sp³-hybridized carbons (Fsp3) is 0. The number of halogens is 1. The number of hydrogen-bond donors (Lipinski definition) is 1. The van der Waals surface area contributed by atoms with E-state index in [-0.39, 0.29) is 5.82 Å². The number of nitrogens with zero attached hydrogens (tertiary/aromatic N) is 2. The van der Waals surface area contributed by atoms with Gasteiger partial charge in [0.25, 0.3) is 0 Å². The molecule has 1 heterocycles. The first kappa shape index (κ1) is 11.5. The fourth-order valence-corrected chi connectivity index (χ4v) is 1.95. The number of aromatic nitrogens is 2. The lowest BCUT2D eigenvalue weighted by Gasteiger charge is -2.05. The lowest BCUT2D eigenvalue weighted by molar-refractivity contribution is 0.628. The van der Waals surface area contributed by atoms with E-state index in [9.17, 15) is 4.39 Å². The average Bonchev–Trinajstić information content (AvgIpc) is 2.89. The number of nitrogen functional groups attached to an aromatic ring is 1. The van der Waals surface area contributed by atoms with Crippen molar-refractivity contribution in [2.75, 3.05) is 5.73 Å². The molecular formula is C15H12FN3. The Morgan fingerprint density at radius 2 is 1.79 bits per heavy atom. The third-order valence-electron chi connectivity index (χ3n) is 2.90. The summed E-state index contributed by atoms with van der Waals surface area (Å²) in [5.74, 6) is -0.350. The van der Waals surface area contributed by atoms with E-state index in [1.165, 1.54) is 12.1 Å². The van der Waals surface area contributed by atoms with E-state index in [4.69, 9.17) is 5.73 Å². The molecule has 0 amide bonds. The van der Waals surface area contributed by atoms with Crippen LogP contribution in [0.15, 0.2) is 60.8 Å². The maximum atomic E-state index is 13.0. The van der Waals surface area contributed by atoms with Crippen molar-refractivity contribution in [2.45, 2.75) is 0 Å². The highest BCUT2D eigenvalue weighted by atomic mass is 19.1. The number of rotatable bonds is 2. The van der Waals surface area contributed by atoms with E-state index in [1.54, 1.807) is 10.7 Å². The normalized spacial score (nSPS) is 10.6. The lowest BCUT2D eigenvalue weighted by Crippen LogP contribution is -2.00. The molecule has 0 atom stereocenters. The van der Waals surface area contributed by atoms with Crippen LogP contribution in [0, 0.1) is 5.82 Å². The summed E-state index contributed by atoms with van der Waals surface area (Å²) in [5, 5.41) is 4.46. The number of anilines is 1. The number of nitrogens with two attached hydrogens (primary N) is 1. The first-order valence-corrected chi connectivity index (χ1v) is 5.90. The second kappa shape index (κ2) is 4.57. The molecular weight excluding hydrogens is 241 g/mol. The fourth-order valence-electron chi connectivity index (χ4n) is 1.95. The minimum absolute atomic E-state index is 0.350. The van der Waals surface area contributed by atoms with Crippen molar-refractivity contribution in [3.63, 3.8) is 0 Å². The van der Waals surface area contributed by atoms with E-state index in [2.05, 4.69) is 5.10 Å². The summed E-state index contributed by atoms with van der Waals surface area (Å²) in [7, 11) is 0. The molecule has 3 rings (SSSR count). The Morgan fingerprint density at radius 1 is 1.00 bits per heavy atom. The predicted octanol–water partition coefficient (Wildman–Crippen LogP) is 3.26. The monoisotopic (exact) mass is 253 g/mol. The molecule has 0 spiro atoms. The van der Waals surface area contributed by atoms with Gasteiger partial charge < -0.3 is 5.73 Å². The van der Waals surface area contributed by atoms with Crippen LogP contribution in [0.3, 0.4) is 0 Å². The third-order valence-corrected chi connectivity index (χ3v) is 2.90. The quantitative estimate of drug-likeness (QED) is 0.712. The molecule has 0 radical (unpaired) electrons. The van der Waals surface area contributed by atoms with E-state index in [1.807, 2.05) is 42.6 Å². The molecule has 1 aromatic heterocycles. The van der Waals surface area contributed by atoms with Crippen LogP contribution in [0.2, 0.25) is 0 Å². The Balaban J connectivity index is 2.02. The Morgan fingerprint density at radius 3 is 2.53 bits per heavy atom. The van der Waals surface area contributed by atoms with Crippen LogP contribution in [0.4, 0.5) is 10.1 Å². The number of hydrogen-bond acceptors (Lipinski definition) is 2. The van der Waals surface area contributed by atoms with Gasteiger partial charge in [-0.15, -0.1) is 0 Å². The predicted molar refractivity (Wildman–Crippen MR) is 73.4 cm³/mol. The first-order valence-electron chi connectivity index (χ1n) is 5.90. The zero-order valence-electron chi connectivity index (χ0n) is 10.1. The summed E-state index contributed by atoms with van der Waals surface area (Å²) in [6, 6.07) is 16.0. The minimum atomic E-state index is -0.350. The summed E-state index contributed by atoms with van der Waals surface area (Å²) in [6.07, 6.45) is 1.81. The topological polar surface area (TPSA) is 43.8 Å². The standard InChI is InChI=1S/C15H12FN3/c16-12-6-7-15(13(17)10-12)19-9-8-14(18-19)11-4-2-1-3-5-11/h1-10H,17H2. The highest BCUT2D eigenvalue weighted by Crippen LogP contribution is 2.21. The van der Waals surface area contributed by atoms with Gasteiger partial charge in [-0.25, -0.2) is 9.07 Å². The second-order valence-corrected chi connectivity index (χ2v) is 4.21. The highest BCUT2D eigenvalue weighted by molar-refractivity contribution is 5.61. The van der Waals surface area contributed by atoms with Crippen LogP contribution in [0.5, 0.6) is 0 Å². The smallest absolute Gasteiger partial charge is 0.125 e. The van der Waals surface area contributed by atoms with Crippen molar-refractivity contribution >= 4 is 5.69 Å². The van der Waals surface area contributed by atoms with Gasteiger partial charge in [-0.1, -0.05) is 30.3 Å². The molecule has 2 N–H and O–H groups in total. The van der Waals surface area contributed by atoms with Crippen LogP contribution in [-0.2, 0) is 0 Å². The first-order chi connectivity index (χ1) is 9.24. The van der Waals surface area contributed by atoms with Crippen LogP contribution in [0.25, 0.3) is 16.9 Å². The van der Waals surface area contributed by atoms with E-state index in [0.717, 1.165) is 11.3 Å².